The summed E-state index contributed by atoms with van der Waals surface area (Å²) in [5.74, 6) is -2.29. The molecule has 1 aliphatic heterocycles. The normalized spacial score (nSPS) is 18.1. The summed E-state index contributed by atoms with van der Waals surface area (Å²) in [4.78, 5) is 42.4. The summed E-state index contributed by atoms with van der Waals surface area (Å²) in [6.07, 6.45) is 2.96. The predicted octanol–water partition coefficient (Wildman–Crippen LogP) is 1.94. The number of likely N-dealkylation sites (tertiary alicyclic amines) is 1. The van der Waals surface area contributed by atoms with Gasteiger partial charge in [0, 0.05) is 31.6 Å². The van der Waals surface area contributed by atoms with Crippen LogP contribution in [0.15, 0.2) is 54.4 Å². The zero-order valence-corrected chi connectivity index (χ0v) is 16.0. The highest BCUT2D eigenvalue weighted by Crippen LogP contribution is 2.39. The van der Waals surface area contributed by atoms with Crippen LogP contribution in [0.25, 0.3) is 5.76 Å². The van der Waals surface area contributed by atoms with Crippen LogP contribution in [0.1, 0.15) is 27.5 Å². The van der Waals surface area contributed by atoms with E-state index >= 15 is 0 Å². The van der Waals surface area contributed by atoms with Crippen LogP contribution in [-0.2, 0) is 19.1 Å². The monoisotopic (exact) mass is 396 g/mol. The van der Waals surface area contributed by atoms with Gasteiger partial charge in [0.1, 0.15) is 5.76 Å². The lowest BCUT2D eigenvalue weighted by atomic mass is 9.95. The van der Waals surface area contributed by atoms with Crippen molar-refractivity contribution in [3.05, 3.63) is 71.1 Å². The molecule has 1 unspecified atom stereocenters. The average molecular weight is 396 g/mol. The Bertz CT molecular complexity index is 953. The van der Waals surface area contributed by atoms with Crippen molar-refractivity contribution in [2.75, 3.05) is 27.4 Å². The second-order valence-corrected chi connectivity index (χ2v) is 6.33. The van der Waals surface area contributed by atoms with E-state index in [0.29, 0.717) is 16.7 Å². The largest absolute Gasteiger partial charge is 0.507 e. The van der Waals surface area contributed by atoms with E-state index in [9.17, 15) is 19.5 Å². The van der Waals surface area contributed by atoms with Gasteiger partial charge in [-0.05, 0) is 29.8 Å². The van der Waals surface area contributed by atoms with Crippen LogP contribution in [0.2, 0.25) is 0 Å². The molecule has 1 fully saturated rings. The molecule has 2 heterocycles. The zero-order valence-electron chi connectivity index (χ0n) is 16.0. The Morgan fingerprint density at radius 2 is 1.72 bits per heavy atom. The minimum atomic E-state index is -0.815. The Hall–Kier alpha value is -3.52. The van der Waals surface area contributed by atoms with Crippen LogP contribution >= 0.6 is 0 Å². The van der Waals surface area contributed by atoms with E-state index in [0.717, 1.165) is 0 Å². The van der Waals surface area contributed by atoms with Crippen molar-refractivity contribution in [1.82, 2.24) is 9.88 Å². The minimum absolute atomic E-state index is 0.0249. The van der Waals surface area contributed by atoms with E-state index in [1.165, 1.54) is 31.5 Å². The third kappa shape index (κ3) is 3.88. The lowest BCUT2D eigenvalue weighted by Gasteiger charge is -2.25. The molecule has 8 heteroatoms. The van der Waals surface area contributed by atoms with Gasteiger partial charge in [0.25, 0.3) is 11.7 Å². The fourth-order valence-corrected chi connectivity index (χ4v) is 3.23. The topological polar surface area (TPSA) is 106 Å². The summed E-state index contributed by atoms with van der Waals surface area (Å²) in [5.41, 5.74) is 1.26. The van der Waals surface area contributed by atoms with E-state index in [1.54, 1.807) is 36.4 Å². The second kappa shape index (κ2) is 8.66. The Labute approximate surface area is 167 Å². The molecule has 0 aliphatic carbocycles. The van der Waals surface area contributed by atoms with Crippen molar-refractivity contribution in [3.8, 4) is 0 Å². The molecule has 150 valence electrons. The average Bonchev–Trinajstić information content (AvgIpc) is 3.02. The van der Waals surface area contributed by atoms with Gasteiger partial charge in [-0.1, -0.05) is 12.1 Å². The predicted molar refractivity (Wildman–Crippen MR) is 103 cm³/mol. The van der Waals surface area contributed by atoms with Crippen molar-refractivity contribution in [1.29, 1.82) is 0 Å². The number of hydrogen-bond acceptors (Lipinski definition) is 7. The van der Waals surface area contributed by atoms with E-state index in [-0.39, 0.29) is 24.5 Å². The summed E-state index contributed by atoms with van der Waals surface area (Å²) >= 11 is 0. The van der Waals surface area contributed by atoms with Crippen LogP contribution in [0.4, 0.5) is 0 Å². The fraction of sp³-hybridized carbons (Fsp3) is 0.238. The molecule has 0 spiro atoms. The molecule has 1 N–H and O–H groups in total. The molecule has 0 saturated carbocycles. The first kappa shape index (κ1) is 20.2. The van der Waals surface area contributed by atoms with Gasteiger partial charge in [-0.3, -0.25) is 14.6 Å². The number of Topliss-reactive ketones (excluding diaryl/α,β-unsaturated/α-hetero) is 1. The summed E-state index contributed by atoms with van der Waals surface area (Å²) in [5, 5.41) is 10.8. The smallest absolute Gasteiger partial charge is 0.337 e. The molecular formula is C21H20N2O6. The van der Waals surface area contributed by atoms with Gasteiger partial charge >= 0.3 is 5.97 Å². The number of hydrogen-bond donors (Lipinski definition) is 1. The number of aliphatic hydroxyl groups excluding tert-OH is 1. The second-order valence-electron chi connectivity index (χ2n) is 6.33. The van der Waals surface area contributed by atoms with Gasteiger partial charge in [-0.15, -0.1) is 0 Å². The quantitative estimate of drug-likeness (QED) is 0.344. The maximum absolute atomic E-state index is 12.8. The third-order valence-electron chi connectivity index (χ3n) is 4.68. The first-order chi connectivity index (χ1) is 14.0. The molecule has 1 saturated heterocycles. The molecule has 29 heavy (non-hydrogen) atoms. The van der Waals surface area contributed by atoms with Crippen LogP contribution in [0.3, 0.4) is 0 Å². The highest BCUT2D eigenvalue weighted by molar-refractivity contribution is 6.46. The summed E-state index contributed by atoms with van der Waals surface area (Å²) in [7, 11) is 2.78. The molecule has 1 aliphatic rings. The Morgan fingerprint density at radius 3 is 2.31 bits per heavy atom. The number of aliphatic hydroxyl groups is 1. The maximum atomic E-state index is 12.8. The third-order valence-corrected chi connectivity index (χ3v) is 4.68. The number of nitrogens with zero attached hydrogens (tertiary/aromatic N) is 2. The van der Waals surface area contributed by atoms with Crippen LogP contribution in [0, 0.1) is 0 Å². The zero-order chi connectivity index (χ0) is 21.0. The van der Waals surface area contributed by atoms with Crippen LogP contribution in [0.5, 0.6) is 0 Å². The molecule has 2 aromatic rings. The molecule has 0 bridgehead atoms. The van der Waals surface area contributed by atoms with E-state index in [4.69, 9.17) is 9.47 Å². The van der Waals surface area contributed by atoms with Gasteiger partial charge in [0.05, 0.1) is 30.9 Å². The van der Waals surface area contributed by atoms with E-state index in [2.05, 4.69) is 4.98 Å². The number of rotatable bonds is 6. The standard InChI is InChI=1S/C21H20N2O6/c1-28-12-11-23-17(13-3-5-15(6-4-13)21(27)29-2)16(19(25)20(23)26)18(24)14-7-9-22-10-8-14/h3-10,17,24H,11-12H2,1-2H3. The lowest BCUT2D eigenvalue weighted by Crippen LogP contribution is -2.32. The van der Waals surface area contributed by atoms with Gasteiger partial charge in [0.15, 0.2) is 0 Å². The highest BCUT2D eigenvalue weighted by Gasteiger charge is 2.45. The fourth-order valence-electron chi connectivity index (χ4n) is 3.23. The number of amides is 1. The number of aromatic nitrogens is 1. The van der Waals surface area contributed by atoms with Gasteiger partial charge in [-0.2, -0.15) is 0 Å². The number of ether oxygens (including phenoxy) is 2. The lowest BCUT2D eigenvalue weighted by molar-refractivity contribution is -0.140. The Kier molecular flexibility index (Phi) is 6.04. The highest BCUT2D eigenvalue weighted by atomic mass is 16.5. The van der Waals surface area contributed by atoms with Crippen molar-refractivity contribution in [3.63, 3.8) is 0 Å². The number of pyridine rings is 1. The summed E-state index contributed by atoms with van der Waals surface area (Å²) < 4.78 is 9.76. The van der Waals surface area contributed by atoms with Crippen molar-refractivity contribution >= 4 is 23.4 Å². The summed E-state index contributed by atoms with van der Waals surface area (Å²) in [6.45, 7) is 0.386. The SMILES string of the molecule is COCCN1C(=O)C(=O)C(=C(O)c2ccncc2)C1c1ccc(C(=O)OC)cc1. The number of methoxy groups -OCH3 is 2. The number of carbonyl (C=O) groups excluding carboxylic acids is 3. The Morgan fingerprint density at radius 1 is 1.07 bits per heavy atom. The molecule has 1 aromatic heterocycles. The number of benzene rings is 1. The number of ketones is 1. The van der Waals surface area contributed by atoms with Crippen molar-refractivity contribution in [2.45, 2.75) is 6.04 Å². The first-order valence-electron chi connectivity index (χ1n) is 8.85. The molecule has 1 amide bonds. The first-order valence-corrected chi connectivity index (χ1v) is 8.85. The summed E-state index contributed by atoms with van der Waals surface area (Å²) in [6, 6.07) is 8.63. The molecule has 3 rings (SSSR count). The van der Waals surface area contributed by atoms with Gasteiger partial charge in [0.2, 0.25) is 0 Å². The number of esters is 1. The van der Waals surface area contributed by atoms with Crippen LogP contribution < -0.4 is 0 Å². The van der Waals surface area contributed by atoms with Crippen LogP contribution in [-0.4, -0.2) is 60.0 Å². The molecule has 8 nitrogen and oxygen atoms in total. The maximum Gasteiger partial charge on any atom is 0.337 e. The van der Waals surface area contributed by atoms with Gasteiger partial charge < -0.3 is 19.5 Å². The molecule has 0 radical (unpaired) electrons. The van der Waals surface area contributed by atoms with E-state index < -0.39 is 23.7 Å². The van der Waals surface area contributed by atoms with Crippen molar-refractivity contribution in [2.24, 2.45) is 0 Å². The molecular weight excluding hydrogens is 376 g/mol. The van der Waals surface area contributed by atoms with Gasteiger partial charge in [-0.25, -0.2) is 4.79 Å². The number of carbonyl (C=O) groups is 3. The van der Waals surface area contributed by atoms with E-state index in [1.807, 2.05) is 0 Å². The van der Waals surface area contributed by atoms with Crippen molar-refractivity contribution < 1.29 is 29.0 Å². The minimum Gasteiger partial charge on any atom is -0.507 e. The Balaban J connectivity index is 2.11. The molecule has 1 atom stereocenters. The molecule has 1 aromatic carbocycles.